The van der Waals surface area contributed by atoms with Crippen molar-refractivity contribution in [2.24, 2.45) is 5.92 Å². The fourth-order valence-electron chi connectivity index (χ4n) is 2.29. The molecule has 7 heteroatoms. The lowest BCUT2D eigenvalue weighted by Gasteiger charge is -2.10. The number of halogens is 3. The first-order valence-electron chi connectivity index (χ1n) is 8.42. The van der Waals surface area contributed by atoms with Crippen molar-refractivity contribution in [2.75, 3.05) is 6.61 Å². The number of carbonyl (C=O) groups is 2. The van der Waals surface area contributed by atoms with E-state index in [0.717, 1.165) is 12.8 Å². The summed E-state index contributed by atoms with van der Waals surface area (Å²) in [5, 5.41) is 0.551. The molecule has 0 bridgehead atoms. The van der Waals surface area contributed by atoms with Crippen LogP contribution in [0.4, 0.5) is 0 Å². The molecule has 0 aliphatic heterocycles. The molecule has 0 atom stereocenters. The minimum absolute atomic E-state index is 0.00870. The van der Waals surface area contributed by atoms with Gasteiger partial charge in [0, 0.05) is 5.02 Å². The summed E-state index contributed by atoms with van der Waals surface area (Å²) in [6.07, 6.45) is 1.76. The van der Waals surface area contributed by atoms with Gasteiger partial charge in [0.1, 0.15) is 0 Å². The van der Waals surface area contributed by atoms with Crippen molar-refractivity contribution in [3.05, 3.63) is 62.6 Å². The second-order valence-electron chi connectivity index (χ2n) is 6.34. The third kappa shape index (κ3) is 6.42. The van der Waals surface area contributed by atoms with E-state index in [1.165, 1.54) is 24.3 Å². The van der Waals surface area contributed by atoms with Gasteiger partial charge in [0.05, 0.1) is 27.8 Å². The number of benzene rings is 2. The number of carbonyl (C=O) groups excluding carboxylic acids is 2. The van der Waals surface area contributed by atoms with Crippen molar-refractivity contribution in [3.63, 3.8) is 0 Å². The van der Waals surface area contributed by atoms with E-state index < -0.39 is 11.9 Å². The largest absolute Gasteiger partial charge is 0.462 e. The van der Waals surface area contributed by atoms with Crippen molar-refractivity contribution in [1.82, 2.24) is 0 Å². The Hall–Kier alpha value is -1.75. The lowest BCUT2D eigenvalue weighted by atomic mass is 10.1. The Labute approximate surface area is 173 Å². The molecule has 0 saturated heterocycles. The van der Waals surface area contributed by atoms with Gasteiger partial charge in [-0.25, -0.2) is 9.59 Å². The van der Waals surface area contributed by atoms with Crippen molar-refractivity contribution in [3.8, 4) is 5.75 Å². The highest BCUT2D eigenvalue weighted by Crippen LogP contribution is 2.36. The summed E-state index contributed by atoms with van der Waals surface area (Å²) in [7, 11) is 0. The van der Waals surface area contributed by atoms with Crippen molar-refractivity contribution in [1.29, 1.82) is 0 Å². The first-order valence-corrected chi connectivity index (χ1v) is 9.55. The number of rotatable bonds is 7. The Kier molecular flexibility index (Phi) is 7.96. The molecular weight excluding hydrogens is 411 g/mol. The van der Waals surface area contributed by atoms with Gasteiger partial charge in [0.2, 0.25) is 0 Å². The minimum atomic E-state index is -0.699. The van der Waals surface area contributed by atoms with Crippen LogP contribution in [-0.2, 0) is 4.74 Å². The Morgan fingerprint density at radius 3 is 2.15 bits per heavy atom. The number of hydrogen-bond acceptors (Lipinski definition) is 4. The summed E-state index contributed by atoms with van der Waals surface area (Å²) in [5.74, 6) is -0.630. The summed E-state index contributed by atoms with van der Waals surface area (Å²) in [4.78, 5) is 24.5. The highest BCUT2D eigenvalue weighted by atomic mass is 35.5. The van der Waals surface area contributed by atoms with Gasteiger partial charge < -0.3 is 9.47 Å². The minimum Gasteiger partial charge on any atom is -0.462 e. The molecule has 144 valence electrons. The maximum absolute atomic E-state index is 12.4. The van der Waals surface area contributed by atoms with Gasteiger partial charge in [-0.3, -0.25) is 0 Å². The fourth-order valence-corrected chi connectivity index (χ4v) is 3.19. The average molecular weight is 430 g/mol. The zero-order valence-electron chi connectivity index (χ0n) is 14.9. The standard InChI is InChI=1S/C20H19Cl3O4/c1-12(2)5-4-8-26-19(24)13-6-3-7-14(9-13)20(25)27-18-16(22)10-15(21)11-17(18)23/h3,6-7,9-12H,4-5,8H2,1-2H3. The van der Waals surface area contributed by atoms with E-state index in [2.05, 4.69) is 13.8 Å². The Morgan fingerprint density at radius 1 is 0.963 bits per heavy atom. The van der Waals surface area contributed by atoms with Crippen LogP contribution >= 0.6 is 34.8 Å². The van der Waals surface area contributed by atoms with Gasteiger partial charge in [-0.05, 0) is 49.1 Å². The van der Waals surface area contributed by atoms with Gasteiger partial charge in [0.15, 0.2) is 5.75 Å². The maximum Gasteiger partial charge on any atom is 0.343 e. The van der Waals surface area contributed by atoms with Gasteiger partial charge >= 0.3 is 11.9 Å². The highest BCUT2D eigenvalue weighted by Gasteiger charge is 2.17. The van der Waals surface area contributed by atoms with Crippen LogP contribution < -0.4 is 4.74 Å². The molecule has 0 aliphatic carbocycles. The highest BCUT2D eigenvalue weighted by molar-refractivity contribution is 6.40. The van der Waals surface area contributed by atoms with Crippen LogP contribution in [0.5, 0.6) is 5.75 Å². The number of ether oxygens (including phenoxy) is 2. The predicted molar refractivity (Wildman–Crippen MR) is 107 cm³/mol. The molecule has 0 radical (unpaired) electrons. The van der Waals surface area contributed by atoms with Gasteiger partial charge in [-0.1, -0.05) is 54.7 Å². The zero-order chi connectivity index (χ0) is 20.0. The molecule has 2 aromatic rings. The van der Waals surface area contributed by atoms with Crippen LogP contribution in [0.1, 0.15) is 47.4 Å². The van der Waals surface area contributed by atoms with Crippen LogP contribution in [0, 0.1) is 5.92 Å². The second-order valence-corrected chi connectivity index (χ2v) is 7.59. The lowest BCUT2D eigenvalue weighted by Crippen LogP contribution is -2.12. The first-order chi connectivity index (χ1) is 12.8. The van der Waals surface area contributed by atoms with Crippen LogP contribution in [0.15, 0.2) is 36.4 Å². The quantitative estimate of drug-likeness (QED) is 0.288. The van der Waals surface area contributed by atoms with Crippen molar-refractivity contribution < 1.29 is 19.1 Å². The van der Waals surface area contributed by atoms with E-state index in [1.54, 1.807) is 12.1 Å². The lowest BCUT2D eigenvalue weighted by molar-refractivity contribution is 0.0494. The second kappa shape index (κ2) is 9.98. The van der Waals surface area contributed by atoms with Gasteiger partial charge in [-0.15, -0.1) is 0 Å². The molecule has 2 aromatic carbocycles. The van der Waals surface area contributed by atoms with Crippen molar-refractivity contribution >= 4 is 46.7 Å². The molecule has 0 heterocycles. The molecule has 0 aromatic heterocycles. The maximum atomic E-state index is 12.4. The van der Waals surface area contributed by atoms with Crippen LogP contribution in [0.2, 0.25) is 15.1 Å². The topological polar surface area (TPSA) is 52.6 Å². The van der Waals surface area contributed by atoms with Crippen LogP contribution in [-0.4, -0.2) is 18.5 Å². The Balaban J connectivity index is 2.06. The molecule has 0 aliphatic rings. The third-order valence-corrected chi connectivity index (χ3v) is 4.43. The summed E-state index contributed by atoms with van der Waals surface area (Å²) < 4.78 is 10.5. The van der Waals surface area contributed by atoms with E-state index in [-0.39, 0.29) is 26.9 Å². The normalized spacial score (nSPS) is 10.7. The smallest absolute Gasteiger partial charge is 0.343 e. The van der Waals surface area contributed by atoms with E-state index >= 15 is 0 Å². The molecule has 0 spiro atoms. The Morgan fingerprint density at radius 2 is 1.56 bits per heavy atom. The van der Waals surface area contributed by atoms with Gasteiger partial charge in [-0.2, -0.15) is 0 Å². The first kappa shape index (κ1) is 21.5. The predicted octanol–water partition coefficient (Wildman–Crippen LogP) is 6.46. The van der Waals surface area contributed by atoms with E-state index in [9.17, 15) is 9.59 Å². The molecule has 0 amide bonds. The molecule has 0 fully saturated rings. The molecular formula is C20H19Cl3O4. The van der Waals surface area contributed by atoms with E-state index in [1.807, 2.05) is 0 Å². The van der Waals surface area contributed by atoms with Gasteiger partial charge in [0.25, 0.3) is 0 Å². The van der Waals surface area contributed by atoms with Crippen molar-refractivity contribution in [2.45, 2.75) is 26.7 Å². The summed E-state index contributed by atoms with van der Waals surface area (Å²) in [5.41, 5.74) is 0.441. The fraction of sp³-hybridized carbons (Fsp3) is 0.300. The number of esters is 2. The zero-order valence-corrected chi connectivity index (χ0v) is 17.2. The third-order valence-electron chi connectivity index (χ3n) is 3.65. The number of hydrogen-bond donors (Lipinski definition) is 0. The average Bonchev–Trinajstić information content (AvgIpc) is 2.61. The Bertz CT molecular complexity index is 811. The summed E-state index contributed by atoms with van der Waals surface area (Å²) >= 11 is 17.9. The molecule has 4 nitrogen and oxygen atoms in total. The molecule has 0 saturated carbocycles. The molecule has 0 unspecified atom stereocenters. The van der Waals surface area contributed by atoms with Crippen LogP contribution in [0.3, 0.4) is 0 Å². The SMILES string of the molecule is CC(C)CCCOC(=O)c1cccc(C(=O)Oc2c(Cl)cc(Cl)cc2Cl)c1. The molecule has 2 rings (SSSR count). The summed E-state index contributed by atoms with van der Waals surface area (Å²) in [6.45, 7) is 4.55. The van der Waals surface area contributed by atoms with E-state index in [4.69, 9.17) is 44.3 Å². The summed E-state index contributed by atoms with van der Waals surface area (Å²) in [6, 6.07) is 8.92. The molecule has 0 N–H and O–H groups in total. The van der Waals surface area contributed by atoms with E-state index in [0.29, 0.717) is 17.5 Å². The monoisotopic (exact) mass is 428 g/mol. The van der Waals surface area contributed by atoms with Crippen LogP contribution in [0.25, 0.3) is 0 Å². The molecule has 27 heavy (non-hydrogen) atoms.